The number of ether oxygens (including phenoxy) is 1. The molecule has 0 bridgehead atoms. The van der Waals surface area contributed by atoms with Crippen LogP contribution in [0.2, 0.25) is 10.0 Å². The van der Waals surface area contributed by atoms with Gasteiger partial charge in [0.1, 0.15) is 11.7 Å². The monoisotopic (exact) mass is 501 g/mol. The normalized spacial score (nSPS) is 17.9. The lowest BCUT2D eigenvalue weighted by atomic mass is 9.78. The maximum atomic E-state index is 13.6. The van der Waals surface area contributed by atoms with E-state index in [0.29, 0.717) is 43.4 Å². The molecule has 0 saturated carbocycles. The van der Waals surface area contributed by atoms with Crippen LogP contribution in [0.3, 0.4) is 0 Å². The Bertz CT molecular complexity index is 1140. The fourth-order valence-electron chi connectivity index (χ4n) is 3.73. The lowest BCUT2D eigenvalue weighted by Crippen LogP contribution is -2.31. The summed E-state index contributed by atoms with van der Waals surface area (Å²) in [6.07, 6.45) is 2.06. The zero-order valence-corrected chi connectivity index (χ0v) is 21.0. The number of aliphatic imine (C=N–C) groups is 1. The molecule has 5 nitrogen and oxygen atoms in total. The summed E-state index contributed by atoms with van der Waals surface area (Å²) in [5.41, 5.74) is 2.16. The third-order valence-corrected chi connectivity index (χ3v) is 7.06. The molecule has 0 saturated heterocycles. The lowest BCUT2D eigenvalue weighted by molar-refractivity contribution is -0.113. The number of amides is 1. The number of nitrogens with one attached hydrogen (secondary N) is 1. The average Bonchev–Trinajstić information content (AvgIpc) is 2.79. The summed E-state index contributed by atoms with van der Waals surface area (Å²) in [4.78, 5) is 18.2. The van der Waals surface area contributed by atoms with E-state index in [1.54, 1.807) is 56.1 Å². The summed E-state index contributed by atoms with van der Waals surface area (Å²) >= 11 is 14.3. The Morgan fingerprint density at radius 2 is 2.03 bits per heavy atom. The van der Waals surface area contributed by atoms with Gasteiger partial charge in [-0.05, 0) is 48.9 Å². The Morgan fingerprint density at radius 3 is 2.70 bits per heavy atom. The molecule has 2 unspecified atom stereocenters. The highest BCUT2D eigenvalue weighted by Gasteiger charge is 2.39. The van der Waals surface area contributed by atoms with Gasteiger partial charge in [0.15, 0.2) is 0 Å². The predicted octanol–water partition coefficient (Wildman–Crippen LogP) is 7.08. The third-order valence-electron chi connectivity index (χ3n) is 5.36. The van der Waals surface area contributed by atoms with Crippen LogP contribution in [-0.4, -0.2) is 23.8 Å². The fraction of sp³-hybridized carbons (Fsp3) is 0.320. The van der Waals surface area contributed by atoms with Crippen molar-refractivity contribution in [2.75, 3.05) is 18.2 Å². The number of carbonyl (C=O) groups is 1. The molecule has 172 valence electrons. The van der Waals surface area contributed by atoms with Crippen LogP contribution in [-0.2, 0) is 4.79 Å². The average molecular weight is 502 g/mol. The van der Waals surface area contributed by atoms with Crippen molar-refractivity contribution in [3.8, 4) is 11.8 Å². The molecule has 0 aliphatic carbocycles. The van der Waals surface area contributed by atoms with Gasteiger partial charge in [0.25, 0.3) is 5.91 Å². The van der Waals surface area contributed by atoms with E-state index in [1.165, 1.54) is 0 Å². The number of halogens is 2. The first-order valence-electron chi connectivity index (χ1n) is 10.6. The maximum absolute atomic E-state index is 13.6. The topological polar surface area (TPSA) is 74.5 Å². The Hall–Kier alpha value is -2.46. The van der Waals surface area contributed by atoms with Crippen molar-refractivity contribution >= 4 is 51.6 Å². The first-order valence-corrected chi connectivity index (χ1v) is 12.4. The van der Waals surface area contributed by atoms with E-state index in [0.717, 1.165) is 18.6 Å². The molecule has 33 heavy (non-hydrogen) atoms. The molecular weight excluding hydrogens is 477 g/mol. The highest BCUT2D eigenvalue weighted by molar-refractivity contribution is 8.14. The van der Waals surface area contributed by atoms with E-state index in [1.807, 2.05) is 12.1 Å². The molecule has 1 amide bonds. The van der Waals surface area contributed by atoms with Crippen molar-refractivity contribution in [1.29, 1.82) is 5.26 Å². The van der Waals surface area contributed by atoms with Crippen LogP contribution in [0.1, 0.15) is 38.2 Å². The van der Waals surface area contributed by atoms with Gasteiger partial charge in [0.2, 0.25) is 0 Å². The van der Waals surface area contributed by atoms with E-state index in [2.05, 4.69) is 18.3 Å². The second-order valence-electron chi connectivity index (χ2n) is 7.56. The zero-order valence-electron chi connectivity index (χ0n) is 18.7. The molecule has 3 rings (SSSR count). The van der Waals surface area contributed by atoms with Crippen LogP contribution >= 0.6 is 35.0 Å². The summed E-state index contributed by atoms with van der Waals surface area (Å²) in [6.45, 7) is 3.91. The molecule has 0 spiro atoms. The van der Waals surface area contributed by atoms with E-state index < -0.39 is 11.8 Å². The van der Waals surface area contributed by atoms with Crippen molar-refractivity contribution < 1.29 is 9.53 Å². The number of rotatable bonds is 7. The lowest BCUT2D eigenvalue weighted by Gasteiger charge is -2.31. The maximum Gasteiger partial charge on any atom is 0.254 e. The highest BCUT2D eigenvalue weighted by Crippen LogP contribution is 2.44. The second-order valence-corrected chi connectivity index (χ2v) is 9.51. The molecule has 1 heterocycles. The van der Waals surface area contributed by atoms with Crippen LogP contribution in [0.5, 0.6) is 5.75 Å². The van der Waals surface area contributed by atoms with Gasteiger partial charge in [-0.1, -0.05) is 54.7 Å². The van der Waals surface area contributed by atoms with E-state index >= 15 is 0 Å². The number of nitriles is 1. The number of para-hydroxylation sites is 2. The standard InChI is InChI=1S/C25H25Cl2N3O2S/c1-4-5-12-33-25-18(14-28)23(17-11-10-16(26)13-19(17)27)22(15(2)29-25)24(31)30-20-8-6-7-9-21(20)32-3/h6-11,13,18,23H,4-5,12H2,1-3H3,(H,30,31). The van der Waals surface area contributed by atoms with E-state index in [-0.39, 0.29) is 5.91 Å². The number of carbonyl (C=O) groups excluding carboxylic acids is 1. The van der Waals surface area contributed by atoms with E-state index in [4.69, 9.17) is 32.9 Å². The molecular formula is C25H25Cl2N3O2S. The number of benzene rings is 2. The van der Waals surface area contributed by atoms with Gasteiger partial charge in [-0.15, -0.1) is 11.8 Å². The molecule has 2 aromatic carbocycles. The van der Waals surface area contributed by atoms with Crippen molar-refractivity contribution in [1.82, 2.24) is 0 Å². The van der Waals surface area contributed by atoms with Crippen LogP contribution in [0.4, 0.5) is 5.69 Å². The molecule has 0 aromatic heterocycles. The summed E-state index contributed by atoms with van der Waals surface area (Å²) in [5, 5.41) is 14.7. The Kier molecular flexibility index (Phi) is 8.85. The van der Waals surface area contributed by atoms with Crippen LogP contribution in [0, 0.1) is 17.2 Å². The molecule has 1 aliphatic rings. The summed E-state index contributed by atoms with van der Waals surface area (Å²) in [6, 6.07) is 14.7. The molecule has 1 aliphatic heterocycles. The smallest absolute Gasteiger partial charge is 0.254 e. The van der Waals surface area contributed by atoms with Crippen LogP contribution < -0.4 is 10.1 Å². The first-order chi connectivity index (χ1) is 15.9. The number of nitrogens with zero attached hydrogens (tertiary/aromatic N) is 2. The third kappa shape index (κ3) is 5.73. The van der Waals surface area contributed by atoms with Gasteiger partial charge in [-0.25, -0.2) is 4.99 Å². The summed E-state index contributed by atoms with van der Waals surface area (Å²) in [7, 11) is 1.54. The molecule has 2 atom stereocenters. The number of methoxy groups -OCH3 is 1. The Balaban J connectivity index is 2.10. The summed E-state index contributed by atoms with van der Waals surface area (Å²) in [5.74, 6) is -0.194. The predicted molar refractivity (Wildman–Crippen MR) is 137 cm³/mol. The van der Waals surface area contributed by atoms with E-state index in [9.17, 15) is 10.1 Å². The molecule has 2 aromatic rings. The minimum absolute atomic E-state index is 0.352. The number of unbranched alkanes of at least 4 members (excludes halogenated alkanes) is 1. The van der Waals surface area contributed by atoms with Crippen molar-refractivity contribution in [2.45, 2.75) is 32.6 Å². The van der Waals surface area contributed by atoms with Gasteiger partial charge < -0.3 is 10.1 Å². The fourth-order valence-corrected chi connectivity index (χ4v) is 5.47. The number of allylic oxidation sites excluding steroid dienone is 1. The van der Waals surface area contributed by atoms with Crippen molar-refractivity contribution in [3.63, 3.8) is 0 Å². The van der Waals surface area contributed by atoms with Gasteiger partial charge in [0.05, 0.1) is 23.9 Å². The first kappa shape index (κ1) is 25.2. The molecule has 0 radical (unpaired) electrons. The van der Waals surface area contributed by atoms with Crippen LogP contribution in [0.15, 0.2) is 58.7 Å². The highest BCUT2D eigenvalue weighted by atomic mass is 35.5. The molecule has 1 N–H and O–H groups in total. The van der Waals surface area contributed by atoms with Gasteiger partial charge >= 0.3 is 0 Å². The van der Waals surface area contributed by atoms with Crippen molar-refractivity contribution in [3.05, 3.63) is 69.3 Å². The Labute approximate surface area is 208 Å². The summed E-state index contributed by atoms with van der Waals surface area (Å²) < 4.78 is 5.37. The Morgan fingerprint density at radius 1 is 1.27 bits per heavy atom. The largest absolute Gasteiger partial charge is 0.495 e. The van der Waals surface area contributed by atoms with Gasteiger partial charge in [-0.3, -0.25) is 4.79 Å². The number of hydrogen-bond donors (Lipinski definition) is 1. The minimum Gasteiger partial charge on any atom is -0.495 e. The van der Waals surface area contributed by atoms with Crippen molar-refractivity contribution in [2.24, 2.45) is 10.9 Å². The minimum atomic E-state index is -0.646. The van der Waals surface area contributed by atoms with Gasteiger partial charge in [-0.2, -0.15) is 5.26 Å². The number of hydrogen-bond acceptors (Lipinski definition) is 5. The molecule has 0 fully saturated rings. The SMILES string of the molecule is CCCCSC1=NC(C)=C(C(=O)Nc2ccccc2OC)C(c2ccc(Cl)cc2Cl)C1C#N. The quantitative estimate of drug-likeness (QED) is 0.411. The van der Waals surface area contributed by atoms with Gasteiger partial charge in [0, 0.05) is 27.2 Å². The molecule has 8 heteroatoms. The number of anilines is 1. The second kappa shape index (κ2) is 11.6. The zero-order chi connectivity index (χ0) is 24.0. The van der Waals surface area contributed by atoms with Crippen LogP contribution in [0.25, 0.3) is 0 Å². The number of thioether (sulfide) groups is 1.